The van der Waals surface area contributed by atoms with E-state index in [0.717, 1.165) is 11.9 Å². The van der Waals surface area contributed by atoms with Crippen LogP contribution in [-0.2, 0) is 14.3 Å². The Hall–Kier alpha value is -0.930. The molecule has 2 aliphatic heterocycles. The van der Waals surface area contributed by atoms with Gasteiger partial charge in [0, 0.05) is 16.5 Å². The van der Waals surface area contributed by atoms with E-state index in [-0.39, 0.29) is 18.0 Å². The maximum absolute atomic E-state index is 10.1. The van der Waals surface area contributed by atoms with Crippen LogP contribution < -0.4 is 0 Å². The van der Waals surface area contributed by atoms with Crippen LogP contribution >= 0.6 is 11.9 Å². The number of fused-ring (bicyclic) bond motifs is 1. The summed E-state index contributed by atoms with van der Waals surface area (Å²) in [5, 5.41) is 9.09. The molecule has 84 valence electrons. The minimum atomic E-state index is -0.863. The average molecular weight is 236 g/mol. The molecule has 0 bridgehead atoms. The van der Waals surface area contributed by atoms with Gasteiger partial charge in [0.05, 0.1) is 18.5 Å². The van der Waals surface area contributed by atoms with Crippen molar-refractivity contribution in [1.82, 2.24) is 0 Å². The number of rotatable bonds is 4. The molecule has 2 fully saturated rings. The van der Waals surface area contributed by atoms with E-state index in [1.165, 1.54) is 0 Å². The van der Waals surface area contributed by atoms with Gasteiger partial charge >= 0.3 is 0 Å². The van der Waals surface area contributed by atoms with Crippen LogP contribution in [0.1, 0.15) is 0 Å². The van der Waals surface area contributed by atoms with Gasteiger partial charge in [-0.2, -0.15) is 0 Å². The van der Waals surface area contributed by atoms with Gasteiger partial charge in [-0.3, -0.25) is 0 Å². The molecular weight excluding hydrogens is 228 g/mol. The molecule has 1 unspecified atom stereocenters. The highest BCUT2D eigenvalue weighted by Gasteiger charge is 2.50. The van der Waals surface area contributed by atoms with Gasteiger partial charge in [0.25, 0.3) is 5.09 Å². The van der Waals surface area contributed by atoms with Crippen molar-refractivity contribution in [1.29, 1.82) is 0 Å². The monoisotopic (exact) mass is 236 g/mol. The van der Waals surface area contributed by atoms with Crippen LogP contribution in [0.25, 0.3) is 0 Å². The van der Waals surface area contributed by atoms with Crippen molar-refractivity contribution in [2.45, 2.75) is 23.6 Å². The minimum Gasteiger partial charge on any atom is -0.372 e. The average Bonchev–Trinajstić information content (AvgIpc) is 2.71. The van der Waals surface area contributed by atoms with Crippen LogP contribution in [0.15, 0.2) is 4.58 Å². The maximum Gasteiger partial charge on any atom is 0.294 e. The molecule has 0 aliphatic carbocycles. The maximum atomic E-state index is 10.1. The molecule has 2 heterocycles. The fraction of sp³-hybridized carbons (Fsp3) is 1.00. The van der Waals surface area contributed by atoms with E-state index in [2.05, 4.69) is 9.42 Å². The standard InChI is InChI=1S/C6H8N2O6S/c9-7-15-4-2-13-5-3(14-8(10)11)1-12-6(4)5/h3-6H,1-2H2/t3-,4?,5-,6-/m1/s1. The summed E-state index contributed by atoms with van der Waals surface area (Å²) in [5.74, 6) is 0. The smallest absolute Gasteiger partial charge is 0.294 e. The summed E-state index contributed by atoms with van der Waals surface area (Å²) in [6.45, 7) is 0.398. The molecule has 8 nitrogen and oxygen atoms in total. The van der Waals surface area contributed by atoms with Crippen LogP contribution in [0.2, 0.25) is 0 Å². The van der Waals surface area contributed by atoms with Gasteiger partial charge in [-0.05, 0) is 0 Å². The summed E-state index contributed by atoms with van der Waals surface area (Å²) >= 11 is 0.830. The van der Waals surface area contributed by atoms with Crippen molar-refractivity contribution in [2.75, 3.05) is 13.2 Å². The molecule has 0 aromatic carbocycles. The Morgan fingerprint density at radius 3 is 2.80 bits per heavy atom. The first kappa shape index (κ1) is 10.6. The summed E-state index contributed by atoms with van der Waals surface area (Å²) < 4.78 is 13.3. The van der Waals surface area contributed by atoms with E-state index >= 15 is 0 Å². The Morgan fingerprint density at radius 2 is 2.13 bits per heavy atom. The van der Waals surface area contributed by atoms with Crippen molar-refractivity contribution in [3.05, 3.63) is 15.0 Å². The lowest BCUT2D eigenvalue weighted by atomic mass is 10.1. The molecule has 0 aromatic heterocycles. The second-order valence-electron chi connectivity index (χ2n) is 3.18. The van der Waals surface area contributed by atoms with Crippen LogP contribution in [0, 0.1) is 15.0 Å². The zero-order valence-electron chi connectivity index (χ0n) is 7.48. The third-order valence-corrected chi connectivity index (χ3v) is 3.12. The molecule has 0 aromatic rings. The number of nitrogens with zero attached hydrogens (tertiary/aromatic N) is 2. The van der Waals surface area contributed by atoms with E-state index in [0.29, 0.717) is 6.61 Å². The van der Waals surface area contributed by atoms with Crippen molar-refractivity contribution in [2.24, 2.45) is 4.58 Å². The third-order valence-electron chi connectivity index (χ3n) is 2.36. The Morgan fingerprint density at radius 1 is 1.40 bits per heavy atom. The van der Waals surface area contributed by atoms with Crippen LogP contribution in [0.5, 0.6) is 0 Å². The first-order chi connectivity index (χ1) is 7.22. The Bertz CT molecular complexity index is 276. The molecule has 0 saturated carbocycles. The lowest BCUT2D eigenvalue weighted by Crippen LogP contribution is -2.33. The molecular formula is C6H8N2O6S. The molecule has 2 rings (SSSR count). The van der Waals surface area contributed by atoms with Gasteiger partial charge in [-0.1, -0.05) is 0 Å². The second-order valence-corrected chi connectivity index (χ2v) is 4.15. The SMILES string of the molecule is O=NSC1CO[C@H]2[C@@H]1OC[C@H]2O[N+](=O)[O-]. The van der Waals surface area contributed by atoms with Gasteiger partial charge in [-0.25, -0.2) is 0 Å². The van der Waals surface area contributed by atoms with E-state index in [9.17, 15) is 15.0 Å². The normalized spacial score (nSPS) is 38.7. The predicted molar refractivity (Wildman–Crippen MR) is 48.5 cm³/mol. The number of hydrogen-bond donors (Lipinski definition) is 0. The lowest BCUT2D eigenvalue weighted by molar-refractivity contribution is -0.769. The molecule has 0 spiro atoms. The van der Waals surface area contributed by atoms with Crippen molar-refractivity contribution < 1.29 is 19.4 Å². The lowest BCUT2D eigenvalue weighted by Gasteiger charge is -2.13. The summed E-state index contributed by atoms with van der Waals surface area (Å²) in [5.41, 5.74) is 0. The molecule has 0 amide bonds. The molecule has 4 atom stereocenters. The zero-order chi connectivity index (χ0) is 10.8. The second kappa shape index (κ2) is 4.29. The number of nitroso groups, excluding NO2 is 1. The summed E-state index contributed by atoms with van der Waals surface area (Å²) in [6, 6.07) is 0. The van der Waals surface area contributed by atoms with Gasteiger partial charge in [0.2, 0.25) is 0 Å². The van der Waals surface area contributed by atoms with Gasteiger partial charge < -0.3 is 14.3 Å². The van der Waals surface area contributed by atoms with Gasteiger partial charge in [-0.15, -0.1) is 15.0 Å². The summed E-state index contributed by atoms with van der Waals surface area (Å²) in [6.07, 6.45) is -1.53. The summed E-state index contributed by atoms with van der Waals surface area (Å²) in [4.78, 5) is 24.6. The topological polar surface area (TPSA) is 100 Å². The van der Waals surface area contributed by atoms with Crippen LogP contribution in [0.4, 0.5) is 0 Å². The molecule has 15 heavy (non-hydrogen) atoms. The summed E-state index contributed by atoms with van der Waals surface area (Å²) in [7, 11) is 0. The van der Waals surface area contributed by atoms with E-state index in [4.69, 9.17) is 9.47 Å². The zero-order valence-corrected chi connectivity index (χ0v) is 8.29. The molecule has 2 saturated heterocycles. The van der Waals surface area contributed by atoms with Crippen molar-refractivity contribution in [3.8, 4) is 0 Å². The Kier molecular flexibility index (Phi) is 3.03. The Labute approximate surface area is 88.5 Å². The Balaban J connectivity index is 1.95. The van der Waals surface area contributed by atoms with Crippen molar-refractivity contribution in [3.63, 3.8) is 0 Å². The largest absolute Gasteiger partial charge is 0.372 e. The number of ether oxygens (including phenoxy) is 2. The van der Waals surface area contributed by atoms with Gasteiger partial charge in [0.15, 0.2) is 6.10 Å². The predicted octanol–water partition coefficient (Wildman–Crippen LogP) is 0.144. The van der Waals surface area contributed by atoms with Crippen molar-refractivity contribution >= 4 is 11.9 Å². The highest BCUT2D eigenvalue weighted by Crippen LogP contribution is 2.35. The molecule has 2 aliphatic rings. The highest BCUT2D eigenvalue weighted by atomic mass is 32.2. The van der Waals surface area contributed by atoms with E-state index < -0.39 is 17.3 Å². The first-order valence-electron chi connectivity index (χ1n) is 4.25. The molecule has 0 radical (unpaired) electrons. The fourth-order valence-corrected chi connectivity index (χ4v) is 2.38. The van der Waals surface area contributed by atoms with Gasteiger partial charge in [0.1, 0.15) is 12.2 Å². The van der Waals surface area contributed by atoms with Crippen LogP contribution in [-0.4, -0.2) is 41.9 Å². The van der Waals surface area contributed by atoms with E-state index in [1.54, 1.807) is 0 Å². The quantitative estimate of drug-likeness (QED) is 0.296. The van der Waals surface area contributed by atoms with Crippen LogP contribution in [0.3, 0.4) is 0 Å². The molecule has 9 heteroatoms. The first-order valence-corrected chi connectivity index (χ1v) is 5.09. The number of hydrogen-bond acceptors (Lipinski definition) is 8. The highest BCUT2D eigenvalue weighted by molar-refractivity contribution is 7.98. The van der Waals surface area contributed by atoms with E-state index in [1.807, 2.05) is 0 Å². The minimum absolute atomic E-state index is 0.103. The molecule has 0 N–H and O–H groups in total. The third kappa shape index (κ3) is 2.03. The fourth-order valence-electron chi connectivity index (χ4n) is 1.78.